The number of hydrogen-bond acceptors (Lipinski definition) is 8. The van der Waals surface area contributed by atoms with E-state index in [0.717, 1.165) is 66.3 Å². The van der Waals surface area contributed by atoms with Gasteiger partial charge in [0.2, 0.25) is 11.5 Å². The Morgan fingerprint density at radius 2 is 1.74 bits per heavy atom. The van der Waals surface area contributed by atoms with E-state index in [1.54, 1.807) is 25.3 Å². The Morgan fingerprint density at radius 1 is 0.953 bits per heavy atom. The van der Waals surface area contributed by atoms with E-state index in [1.165, 1.54) is 7.11 Å². The fourth-order valence-electron chi connectivity index (χ4n) is 6.53. The maximum Gasteiger partial charge on any atom is 0.207 e. The molecule has 8 nitrogen and oxygen atoms in total. The number of ether oxygens (including phenoxy) is 4. The Hall–Kier alpha value is -3.78. The molecule has 5 rings (SSSR count). The zero-order chi connectivity index (χ0) is 30.8. The third kappa shape index (κ3) is 5.77. The number of unbranched alkanes of at least 4 members (excludes halogenated alkanes) is 2. The molecule has 4 N–H and O–H groups in total. The molecule has 0 saturated heterocycles. The third-order valence-corrected chi connectivity index (χ3v) is 8.78. The molecule has 1 aliphatic heterocycles. The summed E-state index contributed by atoms with van der Waals surface area (Å²) in [5.41, 5.74) is 5.35. The number of phenolic OH excluding ortho intramolecular Hbond substituents is 3. The first-order valence-corrected chi connectivity index (χ1v) is 15.4. The highest BCUT2D eigenvalue weighted by molar-refractivity contribution is 5.82. The van der Waals surface area contributed by atoms with Crippen molar-refractivity contribution in [2.75, 3.05) is 20.8 Å². The van der Waals surface area contributed by atoms with E-state index in [4.69, 9.17) is 18.9 Å². The van der Waals surface area contributed by atoms with Gasteiger partial charge in [-0.15, -0.1) is 0 Å². The number of aromatic hydroxyl groups is 3. The van der Waals surface area contributed by atoms with E-state index in [-0.39, 0.29) is 40.2 Å². The molecular weight excluding hydrogens is 548 g/mol. The first-order valence-electron chi connectivity index (χ1n) is 15.4. The normalized spacial score (nSPS) is 18.8. The first-order chi connectivity index (χ1) is 20.7. The molecule has 1 aliphatic carbocycles. The molecule has 0 bridgehead atoms. The maximum absolute atomic E-state index is 12.0. The predicted molar refractivity (Wildman–Crippen MR) is 165 cm³/mol. The number of aryl methyl sites for hydroxylation is 1. The number of aliphatic hydroxyl groups is 1. The fraction of sp³-hybridized carbons (Fsp3) is 0.486. The molecule has 0 aromatic heterocycles. The van der Waals surface area contributed by atoms with Crippen LogP contribution in [0.15, 0.2) is 30.3 Å². The summed E-state index contributed by atoms with van der Waals surface area (Å²) in [6, 6.07) is 8.84. The monoisotopic (exact) mass is 592 g/mol. The zero-order valence-corrected chi connectivity index (χ0v) is 25.8. The van der Waals surface area contributed by atoms with Crippen LogP contribution in [0.1, 0.15) is 87.2 Å². The summed E-state index contributed by atoms with van der Waals surface area (Å²) in [5.74, 6) is 1.06. The summed E-state index contributed by atoms with van der Waals surface area (Å²) in [6.45, 7) is 6.70. The lowest BCUT2D eigenvalue weighted by Crippen LogP contribution is -2.36. The average molecular weight is 593 g/mol. The molecule has 43 heavy (non-hydrogen) atoms. The average Bonchev–Trinajstić information content (AvgIpc) is 2.98. The zero-order valence-electron chi connectivity index (χ0n) is 25.8. The van der Waals surface area contributed by atoms with Gasteiger partial charge in [-0.25, -0.2) is 0 Å². The van der Waals surface area contributed by atoms with Crippen molar-refractivity contribution in [1.29, 1.82) is 0 Å². The summed E-state index contributed by atoms with van der Waals surface area (Å²) < 4.78 is 23.8. The Morgan fingerprint density at radius 3 is 2.44 bits per heavy atom. The van der Waals surface area contributed by atoms with Gasteiger partial charge in [0.05, 0.1) is 20.8 Å². The lowest BCUT2D eigenvalue weighted by Gasteiger charge is -2.40. The SMILES string of the molecule is CCCCC[C@H]1c2c(cc(OC)c3c2CCc2cc(O)ccc2-3)O[C@@H](c2cc(OCCC(C)C)c(O)c(OC)c2O)[C@@H]1O. The number of phenols is 3. The first kappa shape index (κ1) is 30.7. The van der Waals surface area contributed by atoms with Crippen LogP contribution in [0.4, 0.5) is 0 Å². The lowest BCUT2D eigenvalue weighted by atomic mass is 9.74. The molecule has 3 aromatic rings. The van der Waals surface area contributed by atoms with Gasteiger partial charge in [0.15, 0.2) is 17.6 Å². The van der Waals surface area contributed by atoms with Gasteiger partial charge in [-0.3, -0.25) is 0 Å². The van der Waals surface area contributed by atoms with Crippen LogP contribution in [-0.2, 0) is 12.8 Å². The minimum atomic E-state index is -0.994. The molecule has 2 aliphatic rings. The summed E-state index contributed by atoms with van der Waals surface area (Å²) in [7, 11) is 2.99. The Kier molecular flexibility index (Phi) is 9.16. The van der Waals surface area contributed by atoms with Crippen molar-refractivity contribution < 1.29 is 39.4 Å². The van der Waals surface area contributed by atoms with Crippen LogP contribution in [0.2, 0.25) is 0 Å². The van der Waals surface area contributed by atoms with Crippen molar-refractivity contribution in [3.8, 4) is 51.4 Å². The van der Waals surface area contributed by atoms with Crippen molar-refractivity contribution in [1.82, 2.24) is 0 Å². The van der Waals surface area contributed by atoms with E-state index >= 15 is 0 Å². The molecule has 0 spiro atoms. The van der Waals surface area contributed by atoms with Gasteiger partial charge in [-0.05, 0) is 66.5 Å². The lowest BCUT2D eigenvalue weighted by molar-refractivity contribution is -0.00468. The Balaban J connectivity index is 1.64. The highest BCUT2D eigenvalue weighted by Gasteiger charge is 2.43. The largest absolute Gasteiger partial charge is 0.508 e. The number of fused-ring (bicyclic) bond motifs is 5. The summed E-state index contributed by atoms with van der Waals surface area (Å²) in [5, 5.41) is 44.3. The highest BCUT2D eigenvalue weighted by Crippen LogP contribution is 2.56. The van der Waals surface area contributed by atoms with Gasteiger partial charge in [0.25, 0.3) is 0 Å². The summed E-state index contributed by atoms with van der Waals surface area (Å²) >= 11 is 0. The second kappa shape index (κ2) is 12.8. The smallest absolute Gasteiger partial charge is 0.207 e. The molecule has 3 aromatic carbocycles. The quantitative estimate of drug-likeness (QED) is 0.173. The minimum Gasteiger partial charge on any atom is -0.508 e. The minimum absolute atomic E-state index is 0.121. The van der Waals surface area contributed by atoms with E-state index < -0.39 is 12.2 Å². The molecular formula is C35H44O8. The number of hydrogen-bond donors (Lipinski definition) is 4. The predicted octanol–water partition coefficient (Wildman–Crippen LogP) is 7.17. The van der Waals surface area contributed by atoms with Crippen LogP contribution in [0.25, 0.3) is 11.1 Å². The molecule has 3 atom stereocenters. The van der Waals surface area contributed by atoms with Crippen LogP contribution >= 0.6 is 0 Å². The molecule has 232 valence electrons. The second-order valence-corrected chi connectivity index (χ2v) is 12.0. The molecule has 8 heteroatoms. The molecule has 0 amide bonds. The number of methoxy groups -OCH3 is 2. The van der Waals surface area contributed by atoms with Crippen LogP contribution < -0.4 is 18.9 Å². The van der Waals surface area contributed by atoms with Gasteiger partial charge in [-0.1, -0.05) is 46.1 Å². The molecule has 0 unspecified atom stereocenters. The fourth-order valence-corrected chi connectivity index (χ4v) is 6.53. The Labute approximate surface area is 253 Å². The van der Waals surface area contributed by atoms with Crippen LogP contribution in [0.5, 0.6) is 40.2 Å². The number of benzene rings is 3. The van der Waals surface area contributed by atoms with Gasteiger partial charge < -0.3 is 39.4 Å². The Bertz CT molecular complexity index is 1460. The maximum atomic E-state index is 12.0. The van der Waals surface area contributed by atoms with Crippen molar-refractivity contribution in [3.05, 3.63) is 52.6 Å². The van der Waals surface area contributed by atoms with Crippen molar-refractivity contribution in [2.24, 2.45) is 5.92 Å². The van der Waals surface area contributed by atoms with Crippen LogP contribution in [-0.4, -0.2) is 47.4 Å². The van der Waals surface area contributed by atoms with Crippen LogP contribution in [0.3, 0.4) is 0 Å². The van der Waals surface area contributed by atoms with Crippen molar-refractivity contribution in [3.63, 3.8) is 0 Å². The number of aliphatic hydroxyl groups excluding tert-OH is 1. The standard InChI is InChI=1S/C35H44O8/c1-6-7-8-9-24-30-23-12-10-20-16-21(36)11-13-22(20)29(23)26(40-4)18-27(30)43-34(31(24)37)25-17-28(42-15-14-19(2)3)33(39)35(41-5)32(25)38/h11,13,16-19,24,31,34,36-39H,6-10,12,14-15H2,1-5H3/t24-,31+,34-/m0/s1. The second-order valence-electron chi connectivity index (χ2n) is 12.0. The van der Waals surface area contributed by atoms with Gasteiger partial charge in [0.1, 0.15) is 23.4 Å². The highest BCUT2D eigenvalue weighted by atomic mass is 16.5. The van der Waals surface area contributed by atoms with E-state index in [9.17, 15) is 20.4 Å². The summed E-state index contributed by atoms with van der Waals surface area (Å²) in [6.07, 6.45) is 4.01. The van der Waals surface area contributed by atoms with Crippen LogP contribution in [0, 0.1) is 5.92 Å². The van der Waals surface area contributed by atoms with E-state index in [2.05, 4.69) is 20.8 Å². The topological polar surface area (TPSA) is 118 Å². The molecule has 1 heterocycles. The van der Waals surface area contributed by atoms with E-state index in [1.807, 2.05) is 12.1 Å². The number of rotatable bonds is 11. The van der Waals surface area contributed by atoms with E-state index in [0.29, 0.717) is 30.4 Å². The van der Waals surface area contributed by atoms with Crippen molar-refractivity contribution in [2.45, 2.75) is 83.8 Å². The molecule has 0 radical (unpaired) electrons. The molecule has 0 saturated carbocycles. The third-order valence-electron chi connectivity index (χ3n) is 8.78. The van der Waals surface area contributed by atoms with Gasteiger partial charge in [-0.2, -0.15) is 0 Å². The van der Waals surface area contributed by atoms with Gasteiger partial charge >= 0.3 is 0 Å². The summed E-state index contributed by atoms with van der Waals surface area (Å²) in [4.78, 5) is 0. The van der Waals surface area contributed by atoms with Gasteiger partial charge in [0, 0.05) is 28.7 Å². The molecule has 0 fully saturated rings. The van der Waals surface area contributed by atoms with Crippen molar-refractivity contribution >= 4 is 0 Å².